The standard InChI is InChI=1S/C15H20N2/c1-4-15(17-11(2)3)14-7-5-6-12-10-16-9-8-13(12)14/h5-11,15,17H,4H2,1-3H3. The predicted molar refractivity (Wildman–Crippen MR) is 73.0 cm³/mol. The maximum atomic E-state index is 4.18. The monoisotopic (exact) mass is 228 g/mol. The number of hydrogen-bond donors (Lipinski definition) is 1. The first-order chi connectivity index (χ1) is 8.22. The van der Waals surface area contributed by atoms with E-state index >= 15 is 0 Å². The van der Waals surface area contributed by atoms with Gasteiger partial charge in [0, 0.05) is 29.9 Å². The van der Waals surface area contributed by atoms with Crippen molar-refractivity contribution in [1.82, 2.24) is 10.3 Å². The SMILES string of the molecule is CCC(NC(C)C)c1cccc2cnccc12. The van der Waals surface area contributed by atoms with Crippen LogP contribution in [0.15, 0.2) is 36.7 Å². The van der Waals surface area contributed by atoms with E-state index in [-0.39, 0.29) is 0 Å². The molecule has 1 aromatic carbocycles. The molecule has 0 saturated heterocycles. The van der Waals surface area contributed by atoms with Crippen molar-refractivity contribution >= 4 is 10.8 Å². The fourth-order valence-corrected chi connectivity index (χ4v) is 2.28. The molecule has 0 aliphatic carbocycles. The van der Waals surface area contributed by atoms with Gasteiger partial charge in [-0.25, -0.2) is 0 Å². The van der Waals surface area contributed by atoms with E-state index in [9.17, 15) is 0 Å². The Balaban J connectivity index is 2.46. The summed E-state index contributed by atoms with van der Waals surface area (Å²) in [4.78, 5) is 4.18. The van der Waals surface area contributed by atoms with Crippen molar-refractivity contribution in [3.63, 3.8) is 0 Å². The molecule has 2 heteroatoms. The maximum Gasteiger partial charge on any atom is 0.0346 e. The van der Waals surface area contributed by atoms with E-state index in [0.717, 1.165) is 6.42 Å². The summed E-state index contributed by atoms with van der Waals surface area (Å²) in [6.45, 7) is 6.60. The van der Waals surface area contributed by atoms with Gasteiger partial charge in [0.05, 0.1) is 0 Å². The lowest BCUT2D eigenvalue weighted by Crippen LogP contribution is -2.27. The van der Waals surface area contributed by atoms with Gasteiger partial charge in [-0.3, -0.25) is 4.98 Å². The van der Waals surface area contributed by atoms with Gasteiger partial charge in [-0.15, -0.1) is 0 Å². The van der Waals surface area contributed by atoms with Gasteiger partial charge >= 0.3 is 0 Å². The van der Waals surface area contributed by atoms with Gasteiger partial charge in [0.2, 0.25) is 0 Å². The number of nitrogens with one attached hydrogen (secondary N) is 1. The number of benzene rings is 1. The molecule has 0 aliphatic rings. The highest BCUT2D eigenvalue weighted by Gasteiger charge is 2.12. The van der Waals surface area contributed by atoms with E-state index in [1.54, 1.807) is 0 Å². The van der Waals surface area contributed by atoms with E-state index in [4.69, 9.17) is 0 Å². The Morgan fingerprint density at radius 3 is 2.76 bits per heavy atom. The molecule has 1 unspecified atom stereocenters. The first kappa shape index (κ1) is 12.1. The Labute approximate surface area is 103 Å². The van der Waals surface area contributed by atoms with E-state index < -0.39 is 0 Å². The molecule has 90 valence electrons. The minimum Gasteiger partial charge on any atom is -0.308 e. The van der Waals surface area contributed by atoms with Crippen LogP contribution in [0.1, 0.15) is 38.8 Å². The molecule has 1 atom stereocenters. The molecule has 0 amide bonds. The molecule has 0 bridgehead atoms. The second kappa shape index (κ2) is 5.28. The van der Waals surface area contributed by atoms with E-state index in [2.05, 4.69) is 55.3 Å². The van der Waals surface area contributed by atoms with Crippen LogP contribution in [-0.4, -0.2) is 11.0 Å². The lowest BCUT2D eigenvalue weighted by atomic mass is 9.98. The molecule has 0 spiro atoms. The molecule has 0 aliphatic heterocycles. The second-order valence-corrected chi connectivity index (χ2v) is 4.73. The Bertz CT molecular complexity index is 486. The molecule has 2 rings (SSSR count). The Hall–Kier alpha value is -1.41. The van der Waals surface area contributed by atoms with Gasteiger partial charge in [-0.05, 0) is 23.4 Å². The van der Waals surface area contributed by atoms with E-state index in [1.807, 2.05) is 12.4 Å². The van der Waals surface area contributed by atoms with Crippen LogP contribution in [-0.2, 0) is 0 Å². The third kappa shape index (κ3) is 2.64. The van der Waals surface area contributed by atoms with Crippen LogP contribution in [0, 0.1) is 0 Å². The summed E-state index contributed by atoms with van der Waals surface area (Å²) in [5, 5.41) is 6.14. The zero-order chi connectivity index (χ0) is 12.3. The summed E-state index contributed by atoms with van der Waals surface area (Å²) in [5.41, 5.74) is 1.38. The molecule has 1 N–H and O–H groups in total. The Morgan fingerprint density at radius 1 is 1.24 bits per heavy atom. The smallest absolute Gasteiger partial charge is 0.0346 e. The Morgan fingerprint density at radius 2 is 2.06 bits per heavy atom. The fourth-order valence-electron chi connectivity index (χ4n) is 2.28. The number of nitrogens with zero attached hydrogens (tertiary/aromatic N) is 1. The number of pyridine rings is 1. The van der Waals surface area contributed by atoms with Gasteiger partial charge in [0.25, 0.3) is 0 Å². The van der Waals surface area contributed by atoms with Crippen LogP contribution in [0.3, 0.4) is 0 Å². The summed E-state index contributed by atoms with van der Waals surface area (Å²) in [7, 11) is 0. The summed E-state index contributed by atoms with van der Waals surface area (Å²) in [6, 6.07) is 9.47. The largest absolute Gasteiger partial charge is 0.308 e. The zero-order valence-electron chi connectivity index (χ0n) is 10.8. The summed E-state index contributed by atoms with van der Waals surface area (Å²) in [6.07, 6.45) is 4.90. The number of fused-ring (bicyclic) bond motifs is 1. The van der Waals surface area contributed by atoms with Crippen LogP contribution < -0.4 is 5.32 Å². The molecule has 1 aromatic heterocycles. The quantitative estimate of drug-likeness (QED) is 0.863. The van der Waals surface area contributed by atoms with Crippen molar-refractivity contribution < 1.29 is 0 Å². The van der Waals surface area contributed by atoms with Gasteiger partial charge in [-0.2, -0.15) is 0 Å². The molecule has 1 heterocycles. The summed E-state index contributed by atoms with van der Waals surface area (Å²) < 4.78 is 0. The van der Waals surface area contributed by atoms with Crippen LogP contribution in [0.2, 0.25) is 0 Å². The van der Waals surface area contributed by atoms with Gasteiger partial charge < -0.3 is 5.32 Å². The summed E-state index contributed by atoms with van der Waals surface area (Å²) in [5.74, 6) is 0. The Kier molecular flexibility index (Phi) is 3.75. The first-order valence-corrected chi connectivity index (χ1v) is 6.31. The number of rotatable bonds is 4. The van der Waals surface area contributed by atoms with Crippen LogP contribution in [0.5, 0.6) is 0 Å². The highest BCUT2D eigenvalue weighted by molar-refractivity contribution is 5.85. The van der Waals surface area contributed by atoms with Crippen LogP contribution >= 0.6 is 0 Å². The van der Waals surface area contributed by atoms with Gasteiger partial charge in [0.1, 0.15) is 0 Å². The maximum absolute atomic E-state index is 4.18. The molecule has 0 radical (unpaired) electrons. The van der Waals surface area contributed by atoms with Crippen molar-refractivity contribution in [2.24, 2.45) is 0 Å². The predicted octanol–water partition coefficient (Wildman–Crippen LogP) is 3.68. The normalized spacial score (nSPS) is 13.2. The van der Waals surface area contributed by atoms with E-state index in [1.165, 1.54) is 16.3 Å². The lowest BCUT2D eigenvalue weighted by molar-refractivity contribution is 0.469. The third-order valence-electron chi connectivity index (χ3n) is 3.03. The molecule has 2 nitrogen and oxygen atoms in total. The molecule has 17 heavy (non-hydrogen) atoms. The minimum atomic E-state index is 0.418. The topological polar surface area (TPSA) is 24.9 Å². The highest BCUT2D eigenvalue weighted by Crippen LogP contribution is 2.25. The first-order valence-electron chi connectivity index (χ1n) is 6.31. The van der Waals surface area contributed by atoms with Crippen molar-refractivity contribution in [2.75, 3.05) is 0 Å². The molecule has 0 fully saturated rings. The van der Waals surface area contributed by atoms with Crippen LogP contribution in [0.4, 0.5) is 0 Å². The van der Waals surface area contributed by atoms with Crippen molar-refractivity contribution in [1.29, 1.82) is 0 Å². The highest BCUT2D eigenvalue weighted by atomic mass is 14.9. The molecular formula is C15H20N2. The molecule has 0 saturated carbocycles. The third-order valence-corrected chi connectivity index (χ3v) is 3.03. The number of hydrogen-bond acceptors (Lipinski definition) is 2. The van der Waals surface area contributed by atoms with E-state index in [0.29, 0.717) is 12.1 Å². The van der Waals surface area contributed by atoms with Gasteiger partial charge in [0.15, 0.2) is 0 Å². The lowest BCUT2D eigenvalue weighted by Gasteiger charge is -2.21. The summed E-state index contributed by atoms with van der Waals surface area (Å²) >= 11 is 0. The molecular weight excluding hydrogens is 208 g/mol. The van der Waals surface area contributed by atoms with Crippen molar-refractivity contribution in [2.45, 2.75) is 39.3 Å². The average Bonchev–Trinajstić information content (AvgIpc) is 2.35. The fraction of sp³-hybridized carbons (Fsp3) is 0.400. The van der Waals surface area contributed by atoms with Gasteiger partial charge in [-0.1, -0.05) is 39.0 Å². The molecule has 2 aromatic rings. The van der Waals surface area contributed by atoms with Crippen molar-refractivity contribution in [3.8, 4) is 0 Å². The van der Waals surface area contributed by atoms with Crippen molar-refractivity contribution in [3.05, 3.63) is 42.2 Å². The zero-order valence-corrected chi connectivity index (χ0v) is 10.8. The second-order valence-electron chi connectivity index (χ2n) is 4.73. The average molecular weight is 228 g/mol. The minimum absolute atomic E-state index is 0.418. The van der Waals surface area contributed by atoms with Crippen LogP contribution in [0.25, 0.3) is 10.8 Å². The number of aromatic nitrogens is 1.